The number of hydrogen-bond donors (Lipinski definition) is 1. The highest BCUT2D eigenvalue weighted by molar-refractivity contribution is 9.10. The average Bonchev–Trinajstić information content (AvgIpc) is 3.23. The highest BCUT2D eigenvalue weighted by Gasteiger charge is 2.52. The molecule has 0 aromatic heterocycles. The van der Waals surface area contributed by atoms with Crippen LogP contribution in [0.15, 0.2) is 33.6 Å². The molecule has 1 N–H and O–H groups in total. The topological polar surface area (TPSA) is 90.0 Å². The summed E-state index contributed by atoms with van der Waals surface area (Å²) in [5.74, 6) is -0.140. The summed E-state index contributed by atoms with van der Waals surface area (Å²) in [5.41, 5.74) is -0.705. The molecular formula is C18H23BrN4O4S. The van der Waals surface area contributed by atoms with Gasteiger partial charge in [0.1, 0.15) is 5.54 Å². The maximum atomic E-state index is 12.8. The Hall–Kier alpha value is -1.49. The quantitative estimate of drug-likeness (QED) is 0.674. The maximum Gasteiger partial charge on any atom is 0.326 e. The molecule has 8 nitrogen and oxygen atoms in total. The number of rotatable bonds is 4. The number of piperazine rings is 1. The summed E-state index contributed by atoms with van der Waals surface area (Å²) in [4.78, 5) is 28.6. The first-order valence-corrected chi connectivity index (χ1v) is 11.7. The van der Waals surface area contributed by atoms with E-state index >= 15 is 0 Å². The van der Waals surface area contributed by atoms with Crippen molar-refractivity contribution in [3.63, 3.8) is 0 Å². The van der Waals surface area contributed by atoms with Crippen molar-refractivity contribution in [2.24, 2.45) is 0 Å². The molecule has 0 atom stereocenters. The first-order chi connectivity index (χ1) is 13.3. The van der Waals surface area contributed by atoms with Crippen LogP contribution in [0, 0.1) is 0 Å². The summed E-state index contributed by atoms with van der Waals surface area (Å²) in [7, 11) is -3.56. The van der Waals surface area contributed by atoms with Crippen LogP contribution in [0.5, 0.6) is 0 Å². The van der Waals surface area contributed by atoms with Gasteiger partial charge in [-0.3, -0.25) is 9.69 Å². The molecule has 1 saturated carbocycles. The van der Waals surface area contributed by atoms with E-state index in [9.17, 15) is 18.0 Å². The van der Waals surface area contributed by atoms with Gasteiger partial charge in [0.15, 0.2) is 0 Å². The van der Waals surface area contributed by atoms with Crippen molar-refractivity contribution in [3.8, 4) is 0 Å². The second kappa shape index (κ2) is 7.40. The molecule has 1 aromatic rings. The van der Waals surface area contributed by atoms with Crippen LogP contribution >= 0.6 is 15.9 Å². The molecule has 3 fully saturated rings. The summed E-state index contributed by atoms with van der Waals surface area (Å²) in [5, 5.41) is 2.88. The van der Waals surface area contributed by atoms with E-state index < -0.39 is 15.6 Å². The fraction of sp³-hybridized carbons (Fsp3) is 0.556. The molecule has 152 valence electrons. The van der Waals surface area contributed by atoms with Gasteiger partial charge >= 0.3 is 6.03 Å². The Balaban J connectivity index is 1.38. The molecule has 1 aromatic carbocycles. The predicted octanol–water partition coefficient (Wildman–Crippen LogP) is 1.58. The van der Waals surface area contributed by atoms with E-state index in [0.29, 0.717) is 43.5 Å². The lowest BCUT2D eigenvalue weighted by Gasteiger charge is -2.35. The predicted molar refractivity (Wildman–Crippen MR) is 106 cm³/mol. The lowest BCUT2D eigenvalue weighted by molar-refractivity contribution is -0.132. The molecule has 0 bridgehead atoms. The molecule has 0 radical (unpaired) electrons. The van der Waals surface area contributed by atoms with Crippen LogP contribution in [0.2, 0.25) is 0 Å². The first kappa shape index (κ1) is 19.8. The van der Waals surface area contributed by atoms with Crippen LogP contribution in [-0.2, 0) is 14.8 Å². The molecule has 3 aliphatic rings. The Bertz CT molecular complexity index is 893. The summed E-state index contributed by atoms with van der Waals surface area (Å²) in [6.45, 7) is 1.79. The van der Waals surface area contributed by atoms with Crippen molar-refractivity contribution >= 4 is 37.9 Å². The molecule has 1 spiro atoms. The number of nitrogens with zero attached hydrogens (tertiary/aromatic N) is 3. The van der Waals surface area contributed by atoms with Crippen LogP contribution in [0.4, 0.5) is 4.79 Å². The Labute approximate surface area is 173 Å². The summed E-state index contributed by atoms with van der Waals surface area (Å²) in [6.07, 6.45) is 3.30. The molecular weight excluding hydrogens is 448 g/mol. The largest absolute Gasteiger partial charge is 0.326 e. The van der Waals surface area contributed by atoms with Gasteiger partial charge in [-0.05, 0) is 31.0 Å². The highest BCUT2D eigenvalue weighted by atomic mass is 79.9. The number of hydrogen-bond acceptors (Lipinski definition) is 5. The van der Waals surface area contributed by atoms with E-state index in [-0.39, 0.29) is 23.5 Å². The second-order valence-corrected chi connectivity index (χ2v) is 10.4. The van der Waals surface area contributed by atoms with Crippen LogP contribution in [-0.4, -0.2) is 72.8 Å². The number of carbonyl (C=O) groups is 2. The van der Waals surface area contributed by atoms with Gasteiger partial charge < -0.3 is 5.32 Å². The fourth-order valence-corrected chi connectivity index (χ4v) is 6.23. The van der Waals surface area contributed by atoms with Crippen molar-refractivity contribution in [1.29, 1.82) is 0 Å². The molecule has 1 aliphatic carbocycles. The van der Waals surface area contributed by atoms with Gasteiger partial charge in [-0.1, -0.05) is 34.8 Å². The van der Waals surface area contributed by atoms with E-state index in [1.165, 1.54) is 9.21 Å². The SMILES string of the molecule is O=C1NC2(CCCC2)C(=O)N1CN1CCN(S(=O)(=O)c2cccc(Br)c2)CC1. The molecule has 2 saturated heterocycles. The number of benzene rings is 1. The third-order valence-corrected chi connectivity index (χ3v) is 8.20. The highest BCUT2D eigenvalue weighted by Crippen LogP contribution is 2.35. The Kier molecular flexibility index (Phi) is 5.24. The molecule has 2 heterocycles. The van der Waals surface area contributed by atoms with Crippen LogP contribution < -0.4 is 5.32 Å². The Morgan fingerprint density at radius 3 is 2.39 bits per heavy atom. The van der Waals surface area contributed by atoms with Crippen molar-refractivity contribution in [3.05, 3.63) is 28.7 Å². The third-order valence-electron chi connectivity index (χ3n) is 5.81. The number of carbonyl (C=O) groups excluding carboxylic acids is 2. The van der Waals surface area contributed by atoms with Crippen molar-refractivity contribution in [2.45, 2.75) is 36.1 Å². The first-order valence-electron chi connectivity index (χ1n) is 9.44. The van der Waals surface area contributed by atoms with Gasteiger partial charge in [-0.25, -0.2) is 18.1 Å². The summed E-state index contributed by atoms with van der Waals surface area (Å²) >= 11 is 3.31. The van der Waals surface area contributed by atoms with Gasteiger partial charge in [-0.15, -0.1) is 0 Å². The number of sulfonamides is 1. The smallest absolute Gasteiger partial charge is 0.323 e. The lowest BCUT2D eigenvalue weighted by atomic mass is 9.98. The zero-order chi connectivity index (χ0) is 19.9. The lowest BCUT2D eigenvalue weighted by Crippen LogP contribution is -2.53. The fourth-order valence-electron chi connectivity index (χ4n) is 4.21. The number of imide groups is 1. The average molecular weight is 471 g/mol. The molecule has 28 heavy (non-hydrogen) atoms. The summed E-state index contributed by atoms with van der Waals surface area (Å²) in [6, 6.07) is 6.32. The van der Waals surface area contributed by atoms with Gasteiger partial charge in [-0.2, -0.15) is 4.31 Å². The monoisotopic (exact) mass is 470 g/mol. The zero-order valence-electron chi connectivity index (χ0n) is 15.4. The van der Waals surface area contributed by atoms with Crippen molar-refractivity contribution < 1.29 is 18.0 Å². The minimum Gasteiger partial charge on any atom is -0.323 e. The number of halogens is 1. The van der Waals surface area contributed by atoms with Gasteiger partial charge in [0, 0.05) is 30.7 Å². The van der Waals surface area contributed by atoms with Crippen molar-refractivity contribution in [2.75, 3.05) is 32.8 Å². The van der Waals surface area contributed by atoms with Gasteiger partial charge in [0.25, 0.3) is 5.91 Å². The second-order valence-electron chi connectivity index (χ2n) is 7.57. The number of urea groups is 1. The molecule has 2 aliphatic heterocycles. The normalized spacial score (nSPS) is 23.5. The van der Waals surface area contributed by atoms with Gasteiger partial charge in [0.05, 0.1) is 11.6 Å². The number of amides is 3. The molecule has 4 rings (SSSR count). The van der Waals surface area contributed by atoms with Crippen LogP contribution in [0.3, 0.4) is 0 Å². The molecule has 3 amide bonds. The standard InChI is InChI=1S/C18H23BrN4O4S/c19-14-4-3-5-15(12-14)28(26,27)22-10-8-21(9-11-22)13-23-16(24)18(20-17(23)25)6-1-2-7-18/h3-5,12H,1-2,6-11,13H2,(H,20,25). The van der Waals surface area contributed by atoms with Crippen LogP contribution in [0.1, 0.15) is 25.7 Å². The molecule has 0 unspecified atom stereocenters. The van der Waals surface area contributed by atoms with E-state index in [1.54, 1.807) is 24.3 Å². The Morgan fingerprint density at radius 2 is 1.75 bits per heavy atom. The van der Waals surface area contributed by atoms with Gasteiger partial charge in [0.2, 0.25) is 10.0 Å². The van der Waals surface area contributed by atoms with E-state index in [1.807, 2.05) is 4.90 Å². The van der Waals surface area contributed by atoms with Crippen LogP contribution in [0.25, 0.3) is 0 Å². The van der Waals surface area contributed by atoms with E-state index in [0.717, 1.165) is 12.8 Å². The van der Waals surface area contributed by atoms with E-state index in [2.05, 4.69) is 21.2 Å². The third kappa shape index (κ3) is 3.47. The number of nitrogens with one attached hydrogen (secondary N) is 1. The maximum absolute atomic E-state index is 12.8. The minimum absolute atomic E-state index is 0.140. The zero-order valence-corrected chi connectivity index (χ0v) is 17.8. The minimum atomic E-state index is -3.56. The Morgan fingerprint density at radius 1 is 1.07 bits per heavy atom. The van der Waals surface area contributed by atoms with Crippen molar-refractivity contribution in [1.82, 2.24) is 19.4 Å². The van der Waals surface area contributed by atoms with E-state index in [4.69, 9.17) is 0 Å². The molecule has 10 heteroatoms. The summed E-state index contributed by atoms with van der Waals surface area (Å²) < 4.78 is 27.8.